The molecule has 17 heavy (non-hydrogen) atoms. The maximum Gasteiger partial charge on any atom is 0.339 e. The van der Waals surface area contributed by atoms with Crippen LogP contribution in [0.25, 0.3) is 0 Å². The first kappa shape index (κ1) is 11.6. The van der Waals surface area contributed by atoms with Gasteiger partial charge in [0.05, 0.1) is 11.1 Å². The van der Waals surface area contributed by atoms with Gasteiger partial charge in [-0.3, -0.25) is 0 Å². The highest BCUT2D eigenvalue weighted by atomic mass is 19.1. The van der Waals surface area contributed by atoms with Gasteiger partial charge in [-0.15, -0.1) is 0 Å². The lowest BCUT2D eigenvalue weighted by Crippen LogP contribution is -2.13. The van der Waals surface area contributed by atoms with Crippen LogP contribution in [0.3, 0.4) is 0 Å². The molecule has 0 saturated heterocycles. The van der Waals surface area contributed by atoms with E-state index in [2.05, 4.69) is 0 Å². The van der Waals surface area contributed by atoms with Gasteiger partial charge in [-0.1, -0.05) is 0 Å². The van der Waals surface area contributed by atoms with Crippen molar-refractivity contribution >= 4 is 11.9 Å². The Bertz CT molecular complexity index is 518. The summed E-state index contributed by atoms with van der Waals surface area (Å²) in [5, 5.41) is 18.1. The lowest BCUT2D eigenvalue weighted by molar-refractivity contribution is 0.0690. The number of hydrogen-bond donors (Lipinski definition) is 2. The fourth-order valence-corrected chi connectivity index (χ4v) is 1.99. The van der Waals surface area contributed by atoms with Crippen molar-refractivity contribution in [2.45, 2.75) is 25.7 Å². The van der Waals surface area contributed by atoms with E-state index in [0.29, 0.717) is 12.8 Å². The average molecular weight is 238 g/mol. The molecular formula is C12H11FO4. The molecule has 1 aromatic carbocycles. The summed E-state index contributed by atoms with van der Waals surface area (Å²) in [6, 6.07) is 1.21. The molecule has 1 aliphatic carbocycles. The lowest BCUT2D eigenvalue weighted by atomic mass is 9.94. The predicted octanol–water partition coefficient (Wildman–Crippen LogP) is 2.41. The van der Waals surface area contributed by atoms with Crippen LogP contribution in [0.1, 0.15) is 50.6 Å². The number of hydrogen-bond acceptors (Lipinski definition) is 2. The summed E-state index contributed by atoms with van der Waals surface area (Å²) in [6.07, 6.45) is 1.42. The summed E-state index contributed by atoms with van der Waals surface area (Å²) in [7, 11) is 0. The van der Waals surface area contributed by atoms with E-state index in [9.17, 15) is 14.0 Å². The van der Waals surface area contributed by atoms with Gasteiger partial charge >= 0.3 is 11.9 Å². The van der Waals surface area contributed by atoms with Crippen molar-refractivity contribution < 1.29 is 24.2 Å². The number of carboxylic acid groups (broad SMARTS) is 2. The summed E-state index contributed by atoms with van der Waals surface area (Å²) < 4.78 is 13.8. The zero-order valence-electron chi connectivity index (χ0n) is 9.16. The minimum Gasteiger partial charge on any atom is -0.478 e. The minimum absolute atomic E-state index is 0.0456. The van der Waals surface area contributed by atoms with Crippen LogP contribution in [0.15, 0.2) is 6.07 Å². The van der Waals surface area contributed by atoms with E-state index in [1.165, 1.54) is 13.0 Å². The molecule has 5 heteroatoms. The molecule has 1 fully saturated rings. The van der Waals surface area contributed by atoms with E-state index in [1.807, 2.05) is 0 Å². The highest BCUT2D eigenvalue weighted by Crippen LogP contribution is 2.44. The Morgan fingerprint density at radius 3 is 2.29 bits per heavy atom. The van der Waals surface area contributed by atoms with E-state index in [0.717, 1.165) is 0 Å². The second-order valence-electron chi connectivity index (χ2n) is 4.23. The first-order chi connectivity index (χ1) is 7.93. The number of rotatable bonds is 3. The van der Waals surface area contributed by atoms with Crippen LogP contribution >= 0.6 is 0 Å². The average Bonchev–Trinajstić information content (AvgIpc) is 3.03. The Morgan fingerprint density at radius 2 is 1.88 bits per heavy atom. The molecule has 0 spiro atoms. The Morgan fingerprint density at radius 1 is 1.29 bits per heavy atom. The third-order valence-electron chi connectivity index (χ3n) is 2.92. The summed E-state index contributed by atoms with van der Waals surface area (Å²) in [4.78, 5) is 22.1. The molecule has 0 bridgehead atoms. The molecule has 1 aromatic rings. The quantitative estimate of drug-likeness (QED) is 0.847. The van der Waals surface area contributed by atoms with Crippen LogP contribution in [-0.2, 0) is 0 Å². The first-order valence-electron chi connectivity index (χ1n) is 5.23. The van der Waals surface area contributed by atoms with E-state index >= 15 is 0 Å². The van der Waals surface area contributed by atoms with Gasteiger partial charge < -0.3 is 10.2 Å². The van der Waals surface area contributed by atoms with Gasteiger partial charge in [0.25, 0.3) is 0 Å². The summed E-state index contributed by atoms with van der Waals surface area (Å²) in [5.74, 6) is -3.58. The van der Waals surface area contributed by atoms with Crippen LogP contribution < -0.4 is 0 Å². The Labute approximate surface area is 96.7 Å². The Balaban J connectivity index is 2.77. The largest absolute Gasteiger partial charge is 0.478 e. The maximum absolute atomic E-state index is 13.8. The standard InChI is InChI=1S/C12H11FO4/c1-5-4-7(11(14)15)8(6-2-3-6)9(10(5)13)12(16)17/h4,6H,2-3H2,1H3,(H,14,15)(H,16,17). The molecular weight excluding hydrogens is 227 g/mol. The van der Waals surface area contributed by atoms with E-state index in [4.69, 9.17) is 10.2 Å². The van der Waals surface area contributed by atoms with Crippen LogP contribution in [0.2, 0.25) is 0 Å². The van der Waals surface area contributed by atoms with Crippen molar-refractivity contribution in [1.82, 2.24) is 0 Å². The van der Waals surface area contributed by atoms with E-state index < -0.39 is 23.3 Å². The summed E-state index contributed by atoms with van der Waals surface area (Å²) in [5.41, 5.74) is -0.397. The SMILES string of the molecule is Cc1cc(C(=O)O)c(C2CC2)c(C(=O)O)c1F. The first-order valence-corrected chi connectivity index (χ1v) is 5.23. The number of aromatic carboxylic acids is 2. The molecule has 0 radical (unpaired) electrons. The number of carboxylic acids is 2. The second kappa shape index (κ2) is 3.84. The fraction of sp³-hybridized carbons (Fsp3) is 0.333. The van der Waals surface area contributed by atoms with Gasteiger partial charge in [0, 0.05) is 0 Å². The molecule has 1 saturated carbocycles. The maximum atomic E-state index is 13.8. The zero-order valence-corrected chi connectivity index (χ0v) is 9.16. The van der Waals surface area contributed by atoms with Crippen LogP contribution in [0.4, 0.5) is 4.39 Å². The highest BCUT2D eigenvalue weighted by Gasteiger charge is 2.35. The molecule has 0 aliphatic heterocycles. The predicted molar refractivity (Wildman–Crippen MR) is 57.0 cm³/mol. The van der Waals surface area contributed by atoms with Gasteiger partial charge in [-0.05, 0) is 42.9 Å². The van der Waals surface area contributed by atoms with Gasteiger partial charge in [0.2, 0.25) is 0 Å². The number of halogens is 1. The Kier molecular flexibility index (Phi) is 2.61. The fourth-order valence-electron chi connectivity index (χ4n) is 1.99. The van der Waals surface area contributed by atoms with Gasteiger partial charge in [-0.25, -0.2) is 14.0 Å². The number of benzene rings is 1. The molecule has 0 aromatic heterocycles. The van der Waals surface area contributed by atoms with Crippen molar-refractivity contribution in [3.8, 4) is 0 Å². The number of carbonyl (C=O) groups is 2. The molecule has 2 rings (SSSR count). The normalized spacial score (nSPS) is 14.7. The van der Waals surface area contributed by atoms with Crippen LogP contribution in [-0.4, -0.2) is 22.2 Å². The van der Waals surface area contributed by atoms with E-state index in [-0.39, 0.29) is 22.6 Å². The monoisotopic (exact) mass is 238 g/mol. The van der Waals surface area contributed by atoms with Crippen LogP contribution in [0.5, 0.6) is 0 Å². The molecule has 4 nitrogen and oxygen atoms in total. The van der Waals surface area contributed by atoms with Gasteiger partial charge in [-0.2, -0.15) is 0 Å². The number of aryl methyl sites for hydroxylation is 1. The topological polar surface area (TPSA) is 74.6 Å². The zero-order chi connectivity index (χ0) is 12.7. The van der Waals surface area contributed by atoms with Gasteiger partial charge in [0.1, 0.15) is 5.82 Å². The van der Waals surface area contributed by atoms with Crippen molar-refractivity contribution in [1.29, 1.82) is 0 Å². The molecule has 0 heterocycles. The van der Waals surface area contributed by atoms with Crippen LogP contribution in [0, 0.1) is 12.7 Å². The molecule has 0 amide bonds. The van der Waals surface area contributed by atoms with Gasteiger partial charge in [0.15, 0.2) is 0 Å². The third-order valence-corrected chi connectivity index (χ3v) is 2.92. The van der Waals surface area contributed by atoms with Crippen molar-refractivity contribution in [3.63, 3.8) is 0 Å². The highest BCUT2D eigenvalue weighted by molar-refractivity contribution is 5.97. The molecule has 0 atom stereocenters. The van der Waals surface area contributed by atoms with E-state index in [1.54, 1.807) is 0 Å². The molecule has 0 unspecified atom stereocenters. The molecule has 2 N–H and O–H groups in total. The van der Waals surface area contributed by atoms with Crippen molar-refractivity contribution in [3.05, 3.63) is 34.1 Å². The third kappa shape index (κ3) is 1.88. The van der Waals surface area contributed by atoms with Crippen molar-refractivity contribution in [2.24, 2.45) is 0 Å². The molecule has 90 valence electrons. The molecule has 1 aliphatic rings. The Hall–Kier alpha value is -1.91. The van der Waals surface area contributed by atoms with Crippen molar-refractivity contribution in [2.75, 3.05) is 0 Å². The summed E-state index contributed by atoms with van der Waals surface area (Å²) >= 11 is 0. The second-order valence-corrected chi connectivity index (χ2v) is 4.23. The minimum atomic E-state index is -1.41. The smallest absolute Gasteiger partial charge is 0.339 e. The lowest BCUT2D eigenvalue weighted by Gasteiger charge is -2.12. The summed E-state index contributed by atoms with van der Waals surface area (Å²) in [6.45, 7) is 1.37.